The van der Waals surface area contributed by atoms with E-state index in [-0.39, 0.29) is 5.91 Å². The van der Waals surface area contributed by atoms with Crippen LogP contribution in [0.15, 0.2) is 30.0 Å². The van der Waals surface area contributed by atoms with Crippen molar-refractivity contribution < 1.29 is 14.7 Å². The maximum absolute atomic E-state index is 12.0. The monoisotopic (exact) mass is 303 g/mol. The molecule has 0 aliphatic rings. The minimum absolute atomic E-state index is 0.263. The van der Waals surface area contributed by atoms with E-state index in [4.69, 9.17) is 5.11 Å². The van der Waals surface area contributed by atoms with Crippen molar-refractivity contribution in [1.29, 1.82) is 0 Å². The SMILES string of the molecule is Cc1ncsc1CNC(=O)c1cncc(C=CC(=O)O)c1. The number of carbonyl (C=O) groups excluding carboxylic acids is 1. The Morgan fingerprint density at radius 3 is 2.90 bits per heavy atom. The van der Waals surface area contributed by atoms with Gasteiger partial charge in [-0.15, -0.1) is 11.3 Å². The Labute approximate surface area is 125 Å². The Morgan fingerprint density at radius 1 is 1.43 bits per heavy atom. The number of thiazole rings is 1. The minimum Gasteiger partial charge on any atom is -0.478 e. The van der Waals surface area contributed by atoms with Crippen molar-refractivity contribution in [3.05, 3.63) is 51.7 Å². The van der Waals surface area contributed by atoms with Crippen molar-refractivity contribution in [2.75, 3.05) is 0 Å². The lowest BCUT2D eigenvalue weighted by atomic mass is 10.2. The summed E-state index contributed by atoms with van der Waals surface area (Å²) in [6.45, 7) is 2.29. The third-order valence-corrected chi connectivity index (χ3v) is 3.63. The third kappa shape index (κ3) is 4.22. The summed E-state index contributed by atoms with van der Waals surface area (Å²) < 4.78 is 0. The van der Waals surface area contributed by atoms with Gasteiger partial charge in [0.1, 0.15) is 0 Å². The molecule has 0 spiro atoms. The number of amides is 1. The maximum atomic E-state index is 12.0. The van der Waals surface area contributed by atoms with Gasteiger partial charge < -0.3 is 10.4 Å². The van der Waals surface area contributed by atoms with Crippen LogP contribution >= 0.6 is 11.3 Å². The quantitative estimate of drug-likeness (QED) is 0.823. The summed E-state index contributed by atoms with van der Waals surface area (Å²) >= 11 is 1.48. The number of aliphatic carboxylic acids is 1. The minimum atomic E-state index is -1.05. The van der Waals surface area contributed by atoms with E-state index >= 15 is 0 Å². The second-order valence-electron chi connectivity index (χ2n) is 4.22. The molecule has 0 radical (unpaired) electrons. The van der Waals surface area contributed by atoms with E-state index in [1.165, 1.54) is 29.8 Å². The van der Waals surface area contributed by atoms with Crippen molar-refractivity contribution >= 4 is 29.3 Å². The number of rotatable bonds is 5. The predicted molar refractivity (Wildman–Crippen MR) is 78.9 cm³/mol. The van der Waals surface area contributed by atoms with Crippen LogP contribution in [0.1, 0.15) is 26.5 Å². The second-order valence-corrected chi connectivity index (χ2v) is 5.16. The van der Waals surface area contributed by atoms with E-state index in [9.17, 15) is 9.59 Å². The van der Waals surface area contributed by atoms with E-state index in [1.807, 2.05) is 6.92 Å². The summed E-state index contributed by atoms with van der Waals surface area (Å²) in [4.78, 5) is 31.5. The first-order valence-corrected chi connectivity index (χ1v) is 6.97. The zero-order chi connectivity index (χ0) is 15.2. The van der Waals surface area contributed by atoms with E-state index < -0.39 is 5.97 Å². The predicted octanol–water partition coefficient (Wildman–Crippen LogP) is 1.87. The standard InChI is InChI=1S/C14H13N3O3S/c1-9-12(21-8-17-9)7-16-14(20)11-4-10(5-15-6-11)2-3-13(18)19/h2-6,8H,7H2,1H3,(H,16,20)(H,18,19). The van der Waals surface area contributed by atoms with Crippen LogP contribution in [0, 0.1) is 6.92 Å². The highest BCUT2D eigenvalue weighted by Crippen LogP contribution is 2.12. The highest BCUT2D eigenvalue weighted by atomic mass is 32.1. The highest BCUT2D eigenvalue weighted by Gasteiger charge is 2.08. The summed E-state index contributed by atoms with van der Waals surface area (Å²) in [5.41, 5.74) is 3.57. The number of aryl methyl sites for hydroxylation is 1. The summed E-state index contributed by atoms with van der Waals surface area (Å²) in [5, 5.41) is 11.4. The maximum Gasteiger partial charge on any atom is 0.328 e. The van der Waals surface area contributed by atoms with Crippen LogP contribution in [0.4, 0.5) is 0 Å². The number of pyridine rings is 1. The zero-order valence-corrected chi connectivity index (χ0v) is 12.1. The molecule has 0 unspecified atom stereocenters. The Balaban J connectivity index is 2.04. The first kappa shape index (κ1) is 14.9. The molecular formula is C14H13N3O3S. The Hall–Kier alpha value is -2.54. The molecule has 0 saturated carbocycles. The number of nitrogens with zero attached hydrogens (tertiary/aromatic N) is 2. The fourth-order valence-electron chi connectivity index (χ4n) is 1.60. The number of aromatic nitrogens is 2. The average molecular weight is 303 g/mol. The lowest BCUT2D eigenvalue weighted by Crippen LogP contribution is -2.22. The summed E-state index contributed by atoms with van der Waals surface area (Å²) in [5.74, 6) is -1.31. The lowest BCUT2D eigenvalue weighted by molar-refractivity contribution is -0.131. The average Bonchev–Trinajstić information content (AvgIpc) is 2.88. The molecule has 0 saturated heterocycles. The molecule has 2 aromatic rings. The van der Waals surface area contributed by atoms with E-state index in [0.717, 1.165) is 16.6 Å². The molecule has 2 aromatic heterocycles. The van der Waals surface area contributed by atoms with Gasteiger partial charge in [-0.3, -0.25) is 9.78 Å². The number of hydrogen-bond acceptors (Lipinski definition) is 5. The molecule has 0 atom stereocenters. The van der Waals surface area contributed by atoms with Gasteiger partial charge in [0.2, 0.25) is 0 Å². The fraction of sp³-hybridized carbons (Fsp3) is 0.143. The number of hydrogen-bond donors (Lipinski definition) is 2. The Morgan fingerprint density at radius 2 is 2.24 bits per heavy atom. The van der Waals surface area contributed by atoms with Gasteiger partial charge in [0.05, 0.1) is 23.3 Å². The van der Waals surface area contributed by atoms with Crippen LogP contribution in [0.3, 0.4) is 0 Å². The molecule has 0 aromatic carbocycles. The molecule has 1 amide bonds. The van der Waals surface area contributed by atoms with E-state index in [2.05, 4.69) is 15.3 Å². The molecule has 108 valence electrons. The Kier molecular flexibility index (Phi) is 4.78. The molecule has 0 bridgehead atoms. The van der Waals surface area contributed by atoms with Crippen LogP contribution in [0.2, 0.25) is 0 Å². The van der Waals surface area contributed by atoms with Gasteiger partial charge in [-0.25, -0.2) is 9.78 Å². The molecular weight excluding hydrogens is 290 g/mol. The first-order valence-electron chi connectivity index (χ1n) is 6.09. The smallest absolute Gasteiger partial charge is 0.328 e. The van der Waals surface area contributed by atoms with Crippen molar-refractivity contribution in [1.82, 2.24) is 15.3 Å². The molecule has 2 heterocycles. The van der Waals surface area contributed by atoms with E-state index in [1.54, 1.807) is 11.6 Å². The van der Waals surface area contributed by atoms with Crippen molar-refractivity contribution in [2.45, 2.75) is 13.5 Å². The van der Waals surface area contributed by atoms with E-state index in [0.29, 0.717) is 17.7 Å². The lowest BCUT2D eigenvalue weighted by Gasteiger charge is -2.04. The normalized spacial score (nSPS) is 10.7. The van der Waals surface area contributed by atoms with Crippen molar-refractivity contribution in [3.63, 3.8) is 0 Å². The molecule has 6 nitrogen and oxygen atoms in total. The summed E-state index contributed by atoms with van der Waals surface area (Å²) in [6, 6.07) is 1.58. The molecule has 21 heavy (non-hydrogen) atoms. The third-order valence-electron chi connectivity index (χ3n) is 2.69. The van der Waals surface area contributed by atoms with Gasteiger partial charge in [0, 0.05) is 23.3 Å². The summed E-state index contributed by atoms with van der Waals surface area (Å²) in [6.07, 6.45) is 5.31. The molecule has 0 fully saturated rings. The largest absolute Gasteiger partial charge is 0.478 e. The van der Waals surface area contributed by atoms with Crippen LogP contribution < -0.4 is 5.32 Å². The van der Waals surface area contributed by atoms with Crippen LogP contribution in [-0.4, -0.2) is 27.0 Å². The van der Waals surface area contributed by atoms with Crippen LogP contribution in [0.25, 0.3) is 6.08 Å². The van der Waals surface area contributed by atoms with Gasteiger partial charge in [-0.05, 0) is 24.6 Å². The topological polar surface area (TPSA) is 92.2 Å². The van der Waals surface area contributed by atoms with Gasteiger partial charge >= 0.3 is 5.97 Å². The zero-order valence-electron chi connectivity index (χ0n) is 11.2. The molecule has 0 aliphatic heterocycles. The van der Waals surface area contributed by atoms with Crippen LogP contribution in [0.5, 0.6) is 0 Å². The van der Waals surface area contributed by atoms with Gasteiger partial charge in [0.15, 0.2) is 0 Å². The second kappa shape index (κ2) is 6.76. The summed E-state index contributed by atoms with van der Waals surface area (Å²) in [7, 11) is 0. The number of carboxylic acid groups (broad SMARTS) is 1. The Bertz CT molecular complexity index is 694. The van der Waals surface area contributed by atoms with Gasteiger partial charge in [-0.1, -0.05) is 0 Å². The highest BCUT2D eigenvalue weighted by molar-refractivity contribution is 7.09. The van der Waals surface area contributed by atoms with Gasteiger partial charge in [0.25, 0.3) is 5.91 Å². The fourth-order valence-corrected chi connectivity index (χ4v) is 2.32. The molecule has 2 rings (SSSR count). The molecule has 2 N–H and O–H groups in total. The number of carbonyl (C=O) groups is 2. The molecule has 7 heteroatoms. The van der Waals surface area contributed by atoms with Gasteiger partial charge in [-0.2, -0.15) is 0 Å². The van der Waals surface area contributed by atoms with Crippen LogP contribution in [-0.2, 0) is 11.3 Å². The molecule has 0 aliphatic carbocycles. The number of nitrogens with one attached hydrogen (secondary N) is 1. The van der Waals surface area contributed by atoms with Crippen molar-refractivity contribution in [3.8, 4) is 0 Å². The van der Waals surface area contributed by atoms with Crippen molar-refractivity contribution in [2.24, 2.45) is 0 Å². The first-order chi connectivity index (χ1) is 10.1. The number of carboxylic acids is 1.